The SMILES string of the molecule is Cn1c(=S)n(CC(=O)O)c(=O)n(C(C)(C)C)c1=O. The summed E-state index contributed by atoms with van der Waals surface area (Å²) >= 11 is 4.92. The van der Waals surface area contributed by atoms with Gasteiger partial charge in [0.2, 0.25) is 0 Å². The summed E-state index contributed by atoms with van der Waals surface area (Å²) < 4.78 is 2.87. The molecule has 1 N–H and O–H groups in total. The van der Waals surface area contributed by atoms with Crippen molar-refractivity contribution in [1.82, 2.24) is 13.7 Å². The molecule has 1 rings (SSSR count). The average molecular weight is 273 g/mol. The van der Waals surface area contributed by atoms with Crippen LogP contribution in [0.25, 0.3) is 0 Å². The van der Waals surface area contributed by atoms with E-state index in [0.29, 0.717) is 0 Å². The third-order valence-electron chi connectivity index (χ3n) is 2.38. The van der Waals surface area contributed by atoms with Gasteiger partial charge in [-0.1, -0.05) is 0 Å². The number of hydrogen-bond acceptors (Lipinski definition) is 4. The topological polar surface area (TPSA) is 86.2 Å². The number of rotatable bonds is 2. The molecule has 100 valence electrons. The zero-order valence-corrected chi connectivity index (χ0v) is 11.4. The summed E-state index contributed by atoms with van der Waals surface area (Å²) in [4.78, 5) is 34.8. The maximum atomic E-state index is 12.1. The fraction of sp³-hybridized carbons (Fsp3) is 0.600. The smallest absolute Gasteiger partial charge is 0.335 e. The quantitative estimate of drug-likeness (QED) is 0.761. The standard InChI is InChI=1S/C10H15N3O4S/c1-10(2,3)13-7(16)11(4)9(18)12(8(13)17)5-6(14)15/h5H2,1-4H3,(H,14,15). The van der Waals surface area contributed by atoms with Crippen LogP contribution in [0.3, 0.4) is 0 Å². The molecule has 18 heavy (non-hydrogen) atoms. The van der Waals surface area contributed by atoms with Gasteiger partial charge in [-0.3, -0.25) is 13.9 Å². The van der Waals surface area contributed by atoms with Crippen LogP contribution in [0.5, 0.6) is 0 Å². The van der Waals surface area contributed by atoms with E-state index in [1.54, 1.807) is 20.8 Å². The predicted octanol–water partition coefficient (Wildman–Crippen LogP) is -0.0824. The minimum absolute atomic E-state index is 0.104. The van der Waals surface area contributed by atoms with Gasteiger partial charge in [-0.15, -0.1) is 0 Å². The molecule has 7 nitrogen and oxygen atoms in total. The maximum Gasteiger partial charge on any atom is 0.335 e. The molecular formula is C10H15N3O4S. The first kappa shape index (κ1) is 14.4. The lowest BCUT2D eigenvalue weighted by atomic mass is 10.1. The molecule has 0 atom stereocenters. The number of nitrogens with zero attached hydrogens (tertiary/aromatic N) is 3. The second kappa shape index (κ2) is 4.52. The minimum Gasteiger partial charge on any atom is -0.480 e. The first-order valence-corrected chi connectivity index (χ1v) is 5.63. The molecule has 0 aliphatic carbocycles. The van der Waals surface area contributed by atoms with Crippen molar-refractivity contribution in [3.8, 4) is 0 Å². The lowest BCUT2D eigenvalue weighted by molar-refractivity contribution is -0.137. The number of carboxylic acid groups (broad SMARTS) is 1. The van der Waals surface area contributed by atoms with E-state index in [0.717, 1.165) is 13.7 Å². The van der Waals surface area contributed by atoms with Gasteiger partial charge in [-0.05, 0) is 33.0 Å². The van der Waals surface area contributed by atoms with Crippen molar-refractivity contribution in [2.24, 2.45) is 7.05 Å². The van der Waals surface area contributed by atoms with Crippen LogP contribution < -0.4 is 11.4 Å². The van der Waals surface area contributed by atoms with Crippen LogP contribution in [0.15, 0.2) is 9.59 Å². The highest BCUT2D eigenvalue weighted by molar-refractivity contribution is 7.71. The Morgan fingerprint density at radius 1 is 1.28 bits per heavy atom. The monoisotopic (exact) mass is 273 g/mol. The number of aromatic nitrogens is 3. The molecule has 0 amide bonds. The van der Waals surface area contributed by atoms with Crippen molar-refractivity contribution < 1.29 is 9.90 Å². The van der Waals surface area contributed by atoms with Gasteiger partial charge in [-0.2, -0.15) is 0 Å². The normalized spacial score (nSPS) is 11.6. The Labute approximate surface area is 108 Å². The average Bonchev–Trinajstić information content (AvgIpc) is 2.19. The number of hydrogen-bond donors (Lipinski definition) is 1. The summed E-state index contributed by atoms with van der Waals surface area (Å²) in [5.41, 5.74) is -2.02. The summed E-state index contributed by atoms with van der Waals surface area (Å²) in [5.74, 6) is -1.19. The van der Waals surface area contributed by atoms with Gasteiger partial charge in [0.1, 0.15) is 6.54 Å². The van der Waals surface area contributed by atoms with E-state index in [4.69, 9.17) is 17.3 Å². The highest BCUT2D eigenvalue weighted by atomic mass is 32.1. The summed E-state index contributed by atoms with van der Waals surface area (Å²) in [6.07, 6.45) is 0. The molecule has 0 unspecified atom stereocenters. The molecule has 0 aliphatic rings. The molecule has 1 aromatic heterocycles. The second-order valence-corrected chi connectivity index (χ2v) is 5.26. The van der Waals surface area contributed by atoms with Crippen LogP contribution in [-0.4, -0.2) is 24.8 Å². The molecular weight excluding hydrogens is 258 g/mol. The molecule has 0 spiro atoms. The van der Waals surface area contributed by atoms with Crippen LogP contribution in [0, 0.1) is 4.77 Å². The first-order valence-electron chi connectivity index (χ1n) is 5.22. The van der Waals surface area contributed by atoms with Gasteiger partial charge in [0.15, 0.2) is 4.77 Å². The molecule has 1 aromatic rings. The molecule has 0 saturated carbocycles. The number of carboxylic acids is 1. The van der Waals surface area contributed by atoms with Crippen molar-refractivity contribution in [2.45, 2.75) is 32.9 Å². The molecule has 0 aromatic carbocycles. The fourth-order valence-electron chi connectivity index (χ4n) is 1.54. The Balaban J connectivity index is 3.84. The van der Waals surface area contributed by atoms with E-state index in [9.17, 15) is 14.4 Å². The maximum absolute atomic E-state index is 12.1. The second-order valence-electron chi connectivity index (χ2n) is 4.89. The Bertz CT molecular complexity index is 660. The number of aliphatic carboxylic acids is 1. The Kier molecular flexibility index (Phi) is 3.61. The van der Waals surface area contributed by atoms with Gasteiger partial charge >= 0.3 is 17.3 Å². The largest absolute Gasteiger partial charge is 0.480 e. The molecule has 0 bridgehead atoms. The van der Waals surface area contributed by atoms with Crippen molar-refractivity contribution in [2.75, 3.05) is 0 Å². The fourth-order valence-corrected chi connectivity index (χ4v) is 1.76. The zero-order chi connectivity index (χ0) is 14.2. The Morgan fingerprint density at radius 3 is 2.17 bits per heavy atom. The lowest BCUT2D eigenvalue weighted by Crippen LogP contribution is -2.52. The van der Waals surface area contributed by atoms with E-state index in [2.05, 4.69) is 0 Å². The molecule has 0 fully saturated rings. The summed E-state index contributed by atoms with van der Waals surface area (Å²) in [7, 11) is 1.41. The van der Waals surface area contributed by atoms with Gasteiger partial charge in [0.05, 0.1) is 0 Å². The van der Waals surface area contributed by atoms with E-state index in [-0.39, 0.29) is 4.77 Å². The third-order valence-corrected chi connectivity index (χ3v) is 2.88. The van der Waals surface area contributed by atoms with Gasteiger partial charge in [-0.25, -0.2) is 14.2 Å². The van der Waals surface area contributed by atoms with Gasteiger partial charge in [0, 0.05) is 12.6 Å². The third kappa shape index (κ3) is 2.42. The summed E-state index contributed by atoms with van der Waals surface area (Å²) in [6.45, 7) is 4.49. The van der Waals surface area contributed by atoms with Gasteiger partial charge < -0.3 is 5.11 Å². The molecule has 0 saturated heterocycles. The van der Waals surface area contributed by atoms with E-state index in [1.807, 2.05) is 0 Å². The Hall–Kier alpha value is -1.70. The highest BCUT2D eigenvalue weighted by Gasteiger charge is 2.22. The predicted molar refractivity (Wildman–Crippen MR) is 67.4 cm³/mol. The first-order chi connectivity index (χ1) is 8.07. The molecule has 1 heterocycles. The molecule has 0 radical (unpaired) electrons. The minimum atomic E-state index is -1.19. The van der Waals surface area contributed by atoms with Crippen molar-refractivity contribution >= 4 is 18.2 Å². The van der Waals surface area contributed by atoms with Crippen LogP contribution in [-0.2, 0) is 23.9 Å². The van der Waals surface area contributed by atoms with E-state index < -0.39 is 29.4 Å². The zero-order valence-electron chi connectivity index (χ0n) is 10.6. The van der Waals surface area contributed by atoms with Crippen LogP contribution >= 0.6 is 12.2 Å². The number of carbonyl (C=O) groups is 1. The van der Waals surface area contributed by atoms with Crippen molar-refractivity contribution in [1.29, 1.82) is 0 Å². The molecule has 0 aliphatic heterocycles. The van der Waals surface area contributed by atoms with Crippen LogP contribution in [0.1, 0.15) is 20.8 Å². The van der Waals surface area contributed by atoms with Crippen LogP contribution in [0.4, 0.5) is 0 Å². The van der Waals surface area contributed by atoms with Gasteiger partial charge in [0.25, 0.3) is 0 Å². The summed E-state index contributed by atoms with van der Waals surface area (Å²) in [6, 6.07) is 0. The molecule has 8 heteroatoms. The van der Waals surface area contributed by atoms with Crippen LogP contribution in [0.2, 0.25) is 0 Å². The Morgan fingerprint density at radius 2 is 1.78 bits per heavy atom. The van der Waals surface area contributed by atoms with Crippen molar-refractivity contribution in [3.05, 3.63) is 25.7 Å². The van der Waals surface area contributed by atoms with E-state index >= 15 is 0 Å². The van der Waals surface area contributed by atoms with Crippen molar-refractivity contribution in [3.63, 3.8) is 0 Å². The van der Waals surface area contributed by atoms with E-state index in [1.165, 1.54) is 7.05 Å². The summed E-state index contributed by atoms with van der Waals surface area (Å²) in [5, 5.41) is 8.77. The lowest BCUT2D eigenvalue weighted by Gasteiger charge is -2.23. The highest BCUT2D eigenvalue weighted by Crippen LogP contribution is 2.07.